The third kappa shape index (κ3) is 3.35. The van der Waals surface area contributed by atoms with E-state index in [1.54, 1.807) is 0 Å². The monoisotopic (exact) mass is 278 g/mol. The Hall–Kier alpha value is -2.46. The average molecular weight is 278 g/mol. The van der Waals surface area contributed by atoms with Crippen molar-refractivity contribution in [1.82, 2.24) is 20.1 Å². The SMILES string of the molecule is CN(Cc1ccncc1)Cc1cn[nH]c1-c1ccccc1. The van der Waals surface area contributed by atoms with Crippen molar-refractivity contribution >= 4 is 0 Å². The first-order valence-corrected chi connectivity index (χ1v) is 6.98. The van der Waals surface area contributed by atoms with E-state index in [2.05, 4.69) is 39.3 Å². The highest BCUT2D eigenvalue weighted by Gasteiger charge is 2.10. The second-order valence-corrected chi connectivity index (χ2v) is 5.16. The topological polar surface area (TPSA) is 44.8 Å². The van der Waals surface area contributed by atoms with Gasteiger partial charge in [0.15, 0.2) is 0 Å². The first-order valence-electron chi connectivity index (χ1n) is 6.98. The van der Waals surface area contributed by atoms with Gasteiger partial charge in [-0.15, -0.1) is 0 Å². The van der Waals surface area contributed by atoms with Crippen molar-refractivity contribution in [3.05, 3.63) is 72.2 Å². The van der Waals surface area contributed by atoms with E-state index in [0.29, 0.717) is 0 Å². The van der Waals surface area contributed by atoms with E-state index in [1.165, 1.54) is 16.7 Å². The number of nitrogens with one attached hydrogen (secondary N) is 1. The van der Waals surface area contributed by atoms with Crippen molar-refractivity contribution < 1.29 is 0 Å². The Morgan fingerprint density at radius 1 is 1.00 bits per heavy atom. The molecule has 1 N–H and O–H groups in total. The second kappa shape index (κ2) is 6.33. The normalized spacial score (nSPS) is 11.0. The summed E-state index contributed by atoms with van der Waals surface area (Å²) in [5, 5.41) is 7.30. The highest BCUT2D eigenvalue weighted by molar-refractivity contribution is 5.62. The summed E-state index contributed by atoms with van der Waals surface area (Å²) < 4.78 is 0. The van der Waals surface area contributed by atoms with Crippen molar-refractivity contribution in [1.29, 1.82) is 0 Å². The number of aromatic nitrogens is 3. The van der Waals surface area contributed by atoms with Crippen LogP contribution in [0.2, 0.25) is 0 Å². The fraction of sp³-hybridized carbons (Fsp3) is 0.176. The van der Waals surface area contributed by atoms with Gasteiger partial charge in [0.2, 0.25) is 0 Å². The predicted octanol–water partition coefficient (Wildman–Crippen LogP) is 3.10. The molecule has 0 aliphatic carbocycles. The van der Waals surface area contributed by atoms with Crippen LogP contribution in [0.15, 0.2) is 61.1 Å². The van der Waals surface area contributed by atoms with Gasteiger partial charge >= 0.3 is 0 Å². The number of pyridine rings is 1. The third-order valence-electron chi connectivity index (χ3n) is 3.42. The Morgan fingerprint density at radius 3 is 2.52 bits per heavy atom. The highest BCUT2D eigenvalue weighted by Crippen LogP contribution is 2.21. The van der Waals surface area contributed by atoms with Gasteiger partial charge in [-0.3, -0.25) is 15.0 Å². The molecule has 0 atom stereocenters. The van der Waals surface area contributed by atoms with Gasteiger partial charge in [-0.05, 0) is 30.3 Å². The first kappa shape index (κ1) is 13.5. The smallest absolute Gasteiger partial charge is 0.0695 e. The Labute approximate surface area is 124 Å². The Balaban J connectivity index is 1.73. The first-order chi connectivity index (χ1) is 10.3. The molecule has 0 saturated carbocycles. The molecule has 2 aromatic heterocycles. The Morgan fingerprint density at radius 2 is 1.76 bits per heavy atom. The summed E-state index contributed by atoms with van der Waals surface area (Å²) >= 11 is 0. The van der Waals surface area contributed by atoms with Crippen molar-refractivity contribution in [3.63, 3.8) is 0 Å². The van der Waals surface area contributed by atoms with Crippen LogP contribution in [-0.4, -0.2) is 27.1 Å². The molecule has 0 aliphatic rings. The van der Waals surface area contributed by atoms with Crippen molar-refractivity contribution in [3.8, 4) is 11.3 Å². The van der Waals surface area contributed by atoms with Gasteiger partial charge in [0, 0.05) is 31.0 Å². The molecule has 4 heteroatoms. The van der Waals surface area contributed by atoms with Gasteiger partial charge in [-0.1, -0.05) is 30.3 Å². The molecule has 21 heavy (non-hydrogen) atoms. The molecule has 3 aromatic rings. The lowest BCUT2D eigenvalue weighted by molar-refractivity contribution is 0.319. The van der Waals surface area contributed by atoms with Gasteiger partial charge in [0.05, 0.1) is 11.9 Å². The van der Waals surface area contributed by atoms with Crippen LogP contribution in [0, 0.1) is 0 Å². The summed E-state index contributed by atoms with van der Waals surface area (Å²) in [5.41, 5.74) is 4.73. The molecule has 1 aromatic carbocycles. The fourth-order valence-corrected chi connectivity index (χ4v) is 2.43. The summed E-state index contributed by atoms with van der Waals surface area (Å²) in [7, 11) is 2.11. The summed E-state index contributed by atoms with van der Waals surface area (Å²) in [5.74, 6) is 0. The van der Waals surface area contributed by atoms with Crippen molar-refractivity contribution in [2.24, 2.45) is 0 Å². The maximum atomic E-state index is 4.20. The molecule has 0 amide bonds. The molecular formula is C17H18N4. The van der Waals surface area contributed by atoms with E-state index in [4.69, 9.17) is 0 Å². The zero-order valence-corrected chi connectivity index (χ0v) is 12.0. The van der Waals surface area contributed by atoms with Crippen LogP contribution < -0.4 is 0 Å². The van der Waals surface area contributed by atoms with Crippen molar-refractivity contribution in [2.75, 3.05) is 7.05 Å². The van der Waals surface area contributed by atoms with E-state index in [-0.39, 0.29) is 0 Å². The number of benzene rings is 1. The van der Waals surface area contributed by atoms with Crippen molar-refractivity contribution in [2.45, 2.75) is 13.1 Å². The largest absolute Gasteiger partial charge is 0.298 e. The number of hydrogen-bond acceptors (Lipinski definition) is 3. The summed E-state index contributed by atoms with van der Waals surface area (Å²) in [4.78, 5) is 6.32. The third-order valence-corrected chi connectivity index (χ3v) is 3.42. The average Bonchev–Trinajstić information content (AvgIpc) is 2.97. The van der Waals surface area contributed by atoms with Crippen LogP contribution in [0.4, 0.5) is 0 Å². The molecule has 0 spiro atoms. The number of aromatic amines is 1. The van der Waals surface area contributed by atoms with E-state index < -0.39 is 0 Å². The second-order valence-electron chi connectivity index (χ2n) is 5.16. The molecule has 0 radical (unpaired) electrons. The molecular weight excluding hydrogens is 260 g/mol. The van der Waals surface area contributed by atoms with Gasteiger partial charge < -0.3 is 0 Å². The van der Waals surface area contributed by atoms with E-state index in [9.17, 15) is 0 Å². The standard InChI is InChI=1S/C17H18N4/c1-21(12-14-7-9-18-10-8-14)13-16-11-19-20-17(16)15-5-3-2-4-6-15/h2-11H,12-13H2,1H3,(H,19,20). The van der Waals surface area contributed by atoms with Gasteiger partial charge in [-0.2, -0.15) is 5.10 Å². The molecule has 4 nitrogen and oxygen atoms in total. The van der Waals surface area contributed by atoms with E-state index >= 15 is 0 Å². The van der Waals surface area contributed by atoms with Crippen LogP contribution in [0.1, 0.15) is 11.1 Å². The molecule has 0 aliphatic heterocycles. The van der Waals surface area contributed by atoms with Gasteiger partial charge in [0.1, 0.15) is 0 Å². The molecule has 0 fully saturated rings. The maximum absolute atomic E-state index is 4.20. The lowest BCUT2D eigenvalue weighted by Crippen LogP contribution is -2.17. The lowest BCUT2D eigenvalue weighted by atomic mass is 10.1. The lowest BCUT2D eigenvalue weighted by Gasteiger charge is -2.16. The molecule has 3 rings (SSSR count). The number of rotatable bonds is 5. The molecule has 0 unspecified atom stereocenters. The zero-order chi connectivity index (χ0) is 14.5. The molecule has 106 valence electrons. The minimum Gasteiger partial charge on any atom is -0.298 e. The minimum atomic E-state index is 0.850. The summed E-state index contributed by atoms with van der Waals surface area (Å²) in [6.07, 6.45) is 5.57. The van der Waals surface area contributed by atoms with Gasteiger partial charge in [0.25, 0.3) is 0 Å². The van der Waals surface area contributed by atoms with E-state index in [0.717, 1.165) is 18.8 Å². The number of nitrogens with zero attached hydrogens (tertiary/aromatic N) is 3. The summed E-state index contributed by atoms with van der Waals surface area (Å²) in [6, 6.07) is 14.4. The molecule has 2 heterocycles. The maximum Gasteiger partial charge on any atom is 0.0695 e. The quantitative estimate of drug-likeness (QED) is 0.780. The van der Waals surface area contributed by atoms with Crippen LogP contribution in [-0.2, 0) is 13.1 Å². The fourth-order valence-electron chi connectivity index (χ4n) is 2.43. The number of H-pyrrole nitrogens is 1. The highest BCUT2D eigenvalue weighted by atomic mass is 15.1. The van der Waals surface area contributed by atoms with Gasteiger partial charge in [-0.25, -0.2) is 0 Å². The summed E-state index contributed by atoms with van der Waals surface area (Å²) in [6.45, 7) is 1.74. The molecule has 0 saturated heterocycles. The Kier molecular flexibility index (Phi) is 4.07. The van der Waals surface area contributed by atoms with Crippen LogP contribution in [0.25, 0.3) is 11.3 Å². The van der Waals surface area contributed by atoms with Crippen LogP contribution in [0.3, 0.4) is 0 Å². The predicted molar refractivity (Wildman–Crippen MR) is 83.4 cm³/mol. The zero-order valence-electron chi connectivity index (χ0n) is 12.0. The van der Waals surface area contributed by atoms with Crippen LogP contribution in [0.5, 0.6) is 0 Å². The minimum absolute atomic E-state index is 0.850. The number of hydrogen-bond donors (Lipinski definition) is 1. The van der Waals surface area contributed by atoms with Crippen LogP contribution >= 0.6 is 0 Å². The Bertz CT molecular complexity index is 676. The van der Waals surface area contributed by atoms with E-state index in [1.807, 2.05) is 48.9 Å². The molecule has 0 bridgehead atoms.